The second kappa shape index (κ2) is 5.18. The van der Waals surface area contributed by atoms with Gasteiger partial charge in [0.2, 0.25) is 11.7 Å². The lowest BCUT2D eigenvalue weighted by Crippen LogP contribution is -2.06. The molecule has 0 saturated heterocycles. The maximum atomic E-state index is 12.0. The molecule has 0 atom stereocenters. The Morgan fingerprint density at radius 2 is 1.78 bits per heavy atom. The van der Waals surface area contributed by atoms with Crippen LogP contribution in [0.3, 0.4) is 0 Å². The molecule has 2 rings (SSSR count). The molecule has 0 radical (unpaired) electrons. The average Bonchev–Trinajstić information content (AvgIpc) is 2.75. The number of anilines is 1. The van der Waals surface area contributed by atoms with Crippen molar-refractivity contribution in [1.82, 2.24) is 0 Å². The van der Waals surface area contributed by atoms with Crippen molar-refractivity contribution >= 4 is 33.3 Å². The van der Waals surface area contributed by atoms with Crippen molar-refractivity contribution in [2.75, 3.05) is 5.32 Å². The van der Waals surface area contributed by atoms with Crippen molar-refractivity contribution in [3.8, 4) is 0 Å². The standard InChI is InChI=1S/C13H10BrNO3/c1-8(16)15-10-4-2-9(3-5-10)13(17)11-6-7-12(14)18-11/h2-7H,1H3,(H,15,16). The fraction of sp³-hybridized carbons (Fsp3) is 0.0769. The van der Waals surface area contributed by atoms with Crippen LogP contribution in [0.2, 0.25) is 0 Å². The minimum atomic E-state index is -0.199. The van der Waals surface area contributed by atoms with Gasteiger partial charge in [-0.25, -0.2) is 0 Å². The van der Waals surface area contributed by atoms with E-state index < -0.39 is 0 Å². The number of carbonyl (C=O) groups is 2. The number of hydrogen-bond acceptors (Lipinski definition) is 3. The molecule has 92 valence electrons. The number of nitrogens with one attached hydrogen (secondary N) is 1. The van der Waals surface area contributed by atoms with Crippen LogP contribution in [0.1, 0.15) is 23.0 Å². The number of halogens is 1. The van der Waals surface area contributed by atoms with E-state index in [0.717, 1.165) is 0 Å². The van der Waals surface area contributed by atoms with Gasteiger partial charge < -0.3 is 9.73 Å². The van der Waals surface area contributed by atoms with Crippen molar-refractivity contribution in [3.63, 3.8) is 0 Å². The first-order valence-corrected chi connectivity index (χ1v) is 6.03. The second-order valence-corrected chi connectivity index (χ2v) is 4.47. The van der Waals surface area contributed by atoms with Gasteiger partial charge in [0.05, 0.1) is 0 Å². The van der Waals surface area contributed by atoms with Gasteiger partial charge in [-0.1, -0.05) is 0 Å². The number of hydrogen-bond donors (Lipinski definition) is 1. The zero-order chi connectivity index (χ0) is 13.1. The highest BCUT2D eigenvalue weighted by Gasteiger charge is 2.12. The maximum absolute atomic E-state index is 12.0. The summed E-state index contributed by atoms with van der Waals surface area (Å²) in [6.07, 6.45) is 0. The van der Waals surface area contributed by atoms with Crippen LogP contribution >= 0.6 is 15.9 Å². The van der Waals surface area contributed by atoms with Crippen LogP contribution in [-0.2, 0) is 4.79 Å². The molecule has 0 bridgehead atoms. The number of carbonyl (C=O) groups excluding carboxylic acids is 2. The van der Waals surface area contributed by atoms with Crippen molar-refractivity contribution in [1.29, 1.82) is 0 Å². The highest BCUT2D eigenvalue weighted by molar-refractivity contribution is 9.10. The molecule has 0 aliphatic rings. The smallest absolute Gasteiger partial charge is 0.228 e. The van der Waals surface area contributed by atoms with Gasteiger partial charge in [-0.2, -0.15) is 0 Å². The fourth-order valence-corrected chi connectivity index (χ4v) is 1.79. The second-order valence-electron chi connectivity index (χ2n) is 3.69. The summed E-state index contributed by atoms with van der Waals surface area (Å²) in [6, 6.07) is 9.90. The van der Waals surface area contributed by atoms with Gasteiger partial charge in [0, 0.05) is 18.2 Å². The molecule has 1 aromatic heterocycles. The first-order chi connectivity index (χ1) is 8.56. The molecule has 18 heavy (non-hydrogen) atoms. The molecule has 0 aliphatic carbocycles. The Kier molecular flexibility index (Phi) is 3.62. The lowest BCUT2D eigenvalue weighted by atomic mass is 10.1. The molecule has 1 aromatic carbocycles. The first kappa shape index (κ1) is 12.6. The summed E-state index contributed by atoms with van der Waals surface area (Å²) in [6.45, 7) is 1.43. The minimum Gasteiger partial charge on any atom is -0.446 e. The zero-order valence-electron chi connectivity index (χ0n) is 9.57. The zero-order valence-corrected chi connectivity index (χ0v) is 11.2. The summed E-state index contributed by atoms with van der Waals surface area (Å²) < 4.78 is 5.71. The molecular weight excluding hydrogens is 298 g/mol. The number of amides is 1. The van der Waals surface area contributed by atoms with Crippen molar-refractivity contribution in [2.24, 2.45) is 0 Å². The molecule has 0 spiro atoms. The Morgan fingerprint density at radius 3 is 2.28 bits per heavy atom. The van der Waals surface area contributed by atoms with E-state index in [1.54, 1.807) is 36.4 Å². The SMILES string of the molecule is CC(=O)Nc1ccc(C(=O)c2ccc(Br)o2)cc1. The van der Waals surface area contributed by atoms with Gasteiger partial charge in [0.1, 0.15) is 0 Å². The van der Waals surface area contributed by atoms with Crippen LogP contribution in [-0.4, -0.2) is 11.7 Å². The molecule has 0 aliphatic heterocycles. The van der Waals surface area contributed by atoms with Crippen molar-refractivity contribution in [2.45, 2.75) is 6.92 Å². The lowest BCUT2D eigenvalue weighted by Gasteiger charge is -2.02. The van der Waals surface area contributed by atoms with E-state index in [4.69, 9.17) is 4.42 Å². The van der Waals surface area contributed by atoms with Gasteiger partial charge in [-0.05, 0) is 52.3 Å². The van der Waals surface area contributed by atoms with E-state index in [1.165, 1.54) is 6.92 Å². The van der Waals surface area contributed by atoms with Crippen molar-refractivity contribution in [3.05, 3.63) is 52.4 Å². The van der Waals surface area contributed by atoms with E-state index in [1.807, 2.05) is 0 Å². The largest absolute Gasteiger partial charge is 0.446 e. The van der Waals surface area contributed by atoms with Crippen LogP contribution < -0.4 is 5.32 Å². The average molecular weight is 308 g/mol. The molecule has 5 heteroatoms. The normalized spacial score (nSPS) is 10.1. The molecule has 0 fully saturated rings. The van der Waals surface area contributed by atoms with Crippen molar-refractivity contribution < 1.29 is 14.0 Å². The van der Waals surface area contributed by atoms with Gasteiger partial charge in [0.15, 0.2) is 10.4 Å². The summed E-state index contributed by atoms with van der Waals surface area (Å²) >= 11 is 3.15. The monoisotopic (exact) mass is 307 g/mol. The van der Waals surface area contributed by atoms with Crippen LogP contribution in [0, 0.1) is 0 Å². The minimum absolute atomic E-state index is 0.149. The molecule has 0 saturated carbocycles. The molecule has 1 N–H and O–H groups in total. The predicted molar refractivity (Wildman–Crippen MR) is 70.6 cm³/mol. The third-order valence-electron chi connectivity index (χ3n) is 2.26. The summed E-state index contributed by atoms with van der Waals surface area (Å²) in [5.41, 5.74) is 1.16. The van der Waals surface area contributed by atoms with Gasteiger partial charge in [-0.3, -0.25) is 9.59 Å². The third-order valence-corrected chi connectivity index (χ3v) is 2.69. The Labute approximate surface area is 112 Å². The summed E-state index contributed by atoms with van der Waals surface area (Å²) in [7, 11) is 0. The van der Waals surface area contributed by atoms with Gasteiger partial charge in [0.25, 0.3) is 0 Å². The topological polar surface area (TPSA) is 59.3 Å². The van der Waals surface area contributed by atoms with E-state index >= 15 is 0 Å². The first-order valence-electron chi connectivity index (χ1n) is 5.24. The van der Waals surface area contributed by atoms with E-state index in [9.17, 15) is 9.59 Å². The summed E-state index contributed by atoms with van der Waals surface area (Å²) in [4.78, 5) is 22.8. The Bertz CT molecular complexity index is 587. The summed E-state index contributed by atoms with van der Waals surface area (Å²) in [5, 5.41) is 2.63. The molecule has 2 aromatic rings. The van der Waals surface area contributed by atoms with Crippen LogP contribution in [0.15, 0.2) is 45.5 Å². The predicted octanol–water partition coefficient (Wildman–Crippen LogP) is 3.23. The molecule has 0 unspecified atom stereocenters. The van der Waals surface area contributed by atoms with Gasteiger partial charge in [-0.15, -0.1) is 0 Å². The fourth-order valence-electron chi connectivity index (χ4n) is 1.49. The lowest BCUT2D eigenvalue weighted by molar-refractivity contribution is -0.114. The maximum Gasteiger partial charge on any atom is 0.228 e. The van der Waals surface area contributed by atoms with Crippen LogP contribution in [0.5, 0.6) is 0 Å². The molecular formula is C13H10BrNO3. The highest BCUT2D eigenvalue weighted by atomic mass is 79.9. The highest BCUT2D eigenvalue weighted by Crippen LogP contribution is 2.18. The number of ketones is 1. The van der Waals surface area contributed by atoms with Gasteiger partial charge >= 0.3 is 0 Å². The number of furan rings is 1. The Morgan fingerprint density at radius 1 is 1.11 bits per heavy atom. The Balaban J connectivity index is 2.19. The summed E-state index contributed by atoms with van der Waals surface area (Å²) in [5.74, 6) is -0.0757. The van der Waals surface area contributed by atoms with Crippen LogP contribution in [0.4, 0.5) is 5.69 Å². The molecule has 1 amide bonds. The quantitative estimate of drug-likeness (QED) is 0.886. The number of rotatable bonds is 3. The molecule has 1 heterocycles. The Hall–Kier alpha value is -1.88. The molecule has 4 nitrogen and oxygen atoms in total. The van der Waals surface area contributed by atoms with Crippen LogP contribution in [0.25, 0.3) is 0 Å². The van der Waals surface area contributed by atoms with E-state index in [-0.39, 0.29) is 17.5 Å². The van der Waals surface area contributed by atoms with E-state index in [0.29, 0.717) is 15.9 Å². The third kappa shape index (κ3) is 2.87. The number of benzene rings is 1. The van der Waals surface area contributed by atoms with E-state index in [2.05, 4.69) is 21.2 Å².